The number of likely N-dealkylation sites (N-methyl/N-ethyl adjacent to an activating group) is 1. The summed E-state index contributed by atoms with van der Waals surface area (Å²) in [5, 5.41) is 12.9. The lowest BCUT2D eigenvalue weighted by molar-refractivity contribution is 0.0351. The summed E-state index contributed by atoms with van der Waals surface area (Å²) in [6, 6.07) is 7.38. The van der Waals surface area contributed by atoms with E-state index in [0.29, 0.717) is 24.2 Å². The number of fused-ring (bicyclic) bond motifs is 1. The topological polar surface area (TPSA) is 95.0 Å². The number of hydrogen-bond donors (Lipinski definition) is 2. The minimum absolute atomic E-state index is 0.137. The molecule has 4 rings (SSSR count). The van der Waals surface area contributed by atoms with E-state index >= 15 is 0 Å². The van der Waals surface area contributed by atoms with Crippen LogP contribution in [-0.4, -0.2) is 76.8 Å². The highest BCUT2D eigenvalue weighted by Gasteiger charge is 2.35. The normalized spacial score (nSPS) is 21.2. The van der Waals surface area contributed by atoms with E-state index in [0.717, 1.165) is 25.7 Å². The van der Waals surface area contributed by atoms with Gasteiger partial charge in [-0.2, -0.15) is 0 Å². The average molecular weight is 499 g/mol. The first-order chi connectivity index (χ1) is 17.3. The third-order valence-corrected chi connectivity index (χ3v) is 7.16. The second kappa shape index (κ2) is 11.2. The quantitative estimate of drug-likeness (QED) is 0.634. The molecule has 2 aromatic rings. The summed E-state index contributed by atoms with van der Waals surface area (Å²) >= 11 is 0. The van der Waals surface area contributed by atoms with E-state index in [4.69, 9.17) is 4.74 Å². The Bertz CT molecular complexity index is 1090. The standard InChI is InChI=1S/C27H35FN4O4/c1-17-14-32(18(2)16-33)26(34)23-12-20(19-7-6-8-21(28)11-19)13-29-25(23)36-24(17)15-31(3)27(35)30-22-9-4-5-10-22/h6-8,11-13,17-18,22,24,33H,4-5,9-10,14-16H2,1-3H3,(H,30,35)/t17-,18+,24-/m0/s1. The number of pyridine rings is 1. The van der Waals surface area contributed by atoms with Gasteiger partial charge in [-0.3, -0.25) is 4.79 Å². The van der Waals surface area contributed by atoms with Gasteiger partial charge in [0.25, 0.3) is 5.91 Å². The monoisotopic (exact) mass is 498 g/mol. The molecular formula is C27H35FN4O4. The van der Waals surface area contributed by atoms with Crippen LogP contribution in [0.2, 0.25) is 0 Å². The SMILES string of the molecule is C[C@H](CO)N1C[C@H](C)[C@H](CN(C)C(=O)NC2CCCC2)Oc2ncc(-c3cccc(F)c3)cc2C1=O. The number of halogens is 1. The average Bonchev–Trinajstić information content (AvgIpc) is 3.38. The second-order valence-corrected chi connectivity index (χ2v) is 10.0. The number of benzene rings is 1. The summed E-state index contributed by atoms with van der Waals surface area (Å²) in [6.45, 7) is 4.20. The highest BCUT2D eigenvalue weighted by molar-refractivity contribution is 5.98. The van der Waals surface area contributed by atoms with Gasteiger partial charge in [-0.15, -0.1) is 0 Å². The van der Waals surface area contributed by atoms with Crippen LogP contribution < -0.4 is 10.1 Å². The van der Waals surface area contributed by atoms with Crippen LogP contribution in [-0.2, 0) is 0 Å². The Kier molecular flexibility index (Phi) is 8.08. The zero-order valence-corrected chi connectivity index (χ0v) is 21.1. The maximum absolute atomic E-state index is 13.8. The van der Waals surface area contributed by atoms with Crippen molar-refractivity contribution in [2.24, 2.45) is 5.92 Å². The molecule has 1 saturated carbocycles. The third kappa shape index (κ3) is 5.78. The van der Waals surface area contributed by atoms with Crippen molar-refractivity contribution in [3.63, 3.8) is 0 Å². The van der Waals surface area contributed by atoms with Crippen molar-refractivity contribution in [3.05, 3.63) is 47.9 Å². The van der Waals surface area contributed by atoms with E-state index in [1.165, 1.54) is 12.1 Å². The number of urea groups is 1. The number of ether oxygens (including phenoxy) is 1. The maximum atomic E-state index is 13.8. The molecule has 3 amide bonds. The molecular weight excluding hydrogens is 463 g/mol. The van der Waals surface area contributed by atoms with Gasteiger partial charge in [0.1, 0.15) is 17.5 Å². The van der Waals surface area contributed by atoms with Gasteiger partial charge in [0.2, 0.25) is 5.88 Å². The highest BCUT2D eigenvalue weighted by atomic mass is 19.1. The molecule has 3 atom stereocenters. The van der Waals surface area contributed by atoms with Crippen molar-refractivity contribution in [2.75, 3.05) is 26.7 Å². The molecule has 194 valence electrons. The number of nitrogens with zero attached hydrogens (tertiary/aromatic N) is 3. The van der Waals surface area contributed by atoms with Gasteiger partial charge in [0.15, 0.2) is 0 Å². The smallest absolute Gasteiger partial charge is 0.317 e. The lowest BCUT2D eigenvalue weighted by Gasteiger charge is -2.37. The first-order valence-corrected chi connectivity index (χ1v) is 12.6. The van der Waals surface area contributed by atoms with E-state index < -0.39 is 12.1 Å². The number of aliphatic hydroxyl groups is 1. The largest absolute Gasteiger partial charge is 0.472 e. The number of aromatic nitrogens is 1. The minimum Gasteiger partial charge on any atom is -0.472 e. The Balaban J connectivity index is 1.63. The first kappa shape index (κ1) is 25.9. The summed E-state index contributed by atoms with van der Waals surface area (Å²) in [5.41, 5.74) is 1.42. The van der Waals surface area contributed by atoms with Crippen LogP contribution in [0.3, 0.4) is 0 Å². The van der Waals surface area contributed by atoms with Crippen molar-refractivity contribution >= 4 is 11.9 Å². The maximum Gasteiger partial charge on any atom is 0.317 e. The van der Waals surface area contributed by atoms with E-state index in [1.807, 2.05) is 6.92 Å². The van der Waals surface area contributed by atoms with E-state index in [9.17, 15) is 19.1 Å². The lowest BCUT2D eigenvalue weighted by atomic mass is 9.99. The van der Waals surface area contributed by atoms with Gasteiger partial charge in [-0.25, -0.2) is 14.2 Å². The molecule has 1 aromatic carbocycles. The summed E-state index contributed by atoms with van der Waals surface area (Å²) < 4.78 is 20.1. The molecule has 0 saturated heterocycles. The number of rotatable bonds is 6. The number of aliphatic hydroxyl groups excluding tert-OH is 1. The van der Waals surface area contributed by atoms with Crippen molar-refractivity contribution in [1.82, 2.24) is 20.1 Å². The zero-order valence-electron chi connectivity index (χ0n) is 21.1. The van der Waals surface area contributed by atoms with Gasteiger partial charge in [-0.1, -0.05) is 31.9 Å². The fourth-order valence-corrected chi connectivity index (χ4v) is 4.85. The molecule has 2 N–H and O–H groups in total. The van der Waals surface area contributed by atoms with Gasteiger partial charge < -0.3 is 25.0 Å². The summed E-state index contributed by atoms with van der Waals surface area (Å²) in [5.74, 6) is -0.668. The molecule has 8 nitrogen and oxygen atoms in total. The van der Waals surface area contributed by atoms with Crippen molar-refractivity contribution in [2.45, 2.75) is 57.7 Å². The number of carbonyl (C=O) groups excluding carboxylic acids is 2. The van der Waals surface area contributed by atoms with Gasteiger partial charge in [-0.05, 0) is 43.5 Å². The van der Waals surface area contributed by atoms with Crippen LogP contribution in [0.4, 0.5) is 9.18 Å². The Morgan fingerprint density at radius 2 is 2.06 bits per heavy atom. The summed E-state index contributed by atoms with van der Waals surface area (Å²) in [4.78, 5) is 34.0. The van der Waals surface area contributed by atoms with Crippen LogP contribution in [0.1, 0.15) is 49.9 Å². The number of hydrogen-bond acceptors (Lipinski definition) is 5. The fourth-order valence-electron chi connectivity index (χ4n) is 4.85. The molecule has 9 heteroatoms. The van der Waals surface area contributed by atoms with Crippen LogP contribution in [0.15, 0.2) is 36.5 Å². The Hall–Kier alpha value is -3.20. The van der Waals surface area contributed by atoms with Crippen molar-refractivity contribution in [3.8, 4) is 17.0 Å². The fraction of sp³-hybridized carbons (Fsp3) is 0.519. The van der Waals surface area contributed by atoms with Crippen LogP contribution in [0.5, 0.6) is 5.88 Å². The number of carbonyl (C=O) groups is 2. The van der Waals surface area contributed by atoms with Crippen molar-refractivity contribution in [1.29, 1.82) is 0 Å². The molecule has 1 fully saturated rings. The summed E-state index contributed by atoms with van der Waals surface area (Å²) in [6.07, 6.45) is 5.38. The molecule has 0 unspecified atom stereocenters. The first-order valence-electron chi connectivity index (χ1n) is 12.6. The molecule has 0 radical (unpaired) electrons. The van der Waals surface area contributed by atoms with Gasteiger partial charge >= 0.3 is 6.03 Å². The molecule has 36 heavy (non-hydrogen) atoms. The van der Waals surface area contributed by atoms with Crippen LogP contribution in [0, 0.1) is 11.7 Å². The van der Waals surface area contributed by atoms with Crippen molar-refractivity contribution < 1.29 is 23.8 Å². The predicted octanol–water partition coefficient (Wildman–Crippen LogP) is 3.69. The van der Waals surface area contributed by atoms with Crippen LogP contribution >= 0.6 is 0 Å². The Labute approximate surface area is 211 Å². The molecule has 1 aliphatic carbocycles. The van der Waals surface area contributed by atoms with Crippen LogP contribution in [0.25, 0.3) is 11.1 Å². The number of amides is 3. The van der Waals surface area contributed by atoms with E-state index in [2.05, 4.69) is 10.3 Å². The van der Waals surface area contributed by atoms with E-state index in [1.54, 1.807) is 48.2 Å². The highest BCUT2D eigenvalue weighted by Crippen LogP contribution is 2.30. The summed E-state index contributed by atoms with van der Waals surface area (Å²) in [7, 11) is 1.74. The Morgan fingerprint density at radius 1 is 1.31 bits per heavy atom. The molecule has 1 aliphatic heterocycles. The van der Waals surface area contributed by atoms with Gasteiger partial charge in [0.05, 0.1) is 19.2 Å². The predicted molar refractivity (Wildman–Crippen MR) is 134 cm³/mol. The molecule has 2 heterocycles. The zero-order chi connectivity index (χ0) is 25.8. The molecule has 0 spiro atoms. The molecule has 2 aliphatic rings. The lowest BCUT2D eigenvalue weighted by Crippen LogP contribution is -2.52. The van der Waals surface area contributed by atoms with E-state index in [-0.39, 0.29) is 47.8 Å². The molecule has 0 bridgehead atoms. The Morgan fingerprint density at radius 3 is 2.75 bits per heavy atom. The third-order valence-electron chi connectivity index (χ3n) is 7.16. The molecule has 1 aromatic heterocycles. The van der Waals surface area contributed by atoms with Gasteiger partial charge in [0, 0.05) is 37.3 Å². The minimum atomic E-state index is -0.433. The number of nitrogens with one attached hydrogen (secondary N) is 1. The second-order valence-electron chi connectivity index (χ2n) is 10.0.